The monoisotopic (exact) mass is 301 g/mol. The average Bonchev–Trinajstić information content (AvgIpc) is 3.18. The van der Waals surface area contributed by atoms with Gasteiger partial charge in [0.05, 0.1) is 17.1 Å². The van der Waals surface area contributed by atoms with Crippen molar-refractivity contribution in [2.45, 2.75) is 20.8 Å². The maximum Gasteiger partial charge on any atom is 0.0875 e. The number of aromatic amines is 2. The van der Waals surface area contributed by atoms with Gasteiger partial charge in [-0.15, -0.1) is 0 Å². The van der Waals surface area contributed by atoms with Gasteiger partial charge in [-0.1, -0.05) is 18.2 Å². The normalized spacial score (nSPS) is 16.2. The molecule has 1 aliphatic heterocycles. The molecule has 0 atom stereocenters. The molecule has 0 spiro atoms. The van der Waals surface area contributed by atoms with Crippen LogP contribution in [0.1, 0.15) is 29.6 Å². The van der Waals surface area contributed by atoms with Gasteiger partial charge in [0.1, 0.15) is 0 Å². The Morgan fingerprint density at radius 1 is 1.00 bits per heavy atom. The predicted octanol–water partition coefficient (Wildman–Crippen LogP) is 4.90. The Balaban J connectivity index is 1.75. The van der Waals surface area contributed by atoms with Crippen molar-refractivity contribution in [3.63, 3.8) is 0 Å². The third-order valence-electron chi connectivity index (χ3n) is 4.27. The molecule has 1 aliphatic rings. The molecule has 0 aliphatic carbocycles. The number of aliphatic imine (C=N–C) groups is 1. The van der Waals surface area contributed by atoms with Crippen LogP contribution in [-0.2, 0) is 0 Å². The fourth-order valence-corrected chi connectivity index (χ4v) is 3.06. The summed E-state index contributed by atoms with van der Waals surface area (Å²) in [5.74, 6) is 0. The van der Waals surface area contributed by atoms with Crippen molar-refractivity contribution in [3.05, 3.63) is 76.4 Å². The van der Waals surface area contributed by atoms with Gasteiger partial charge in [-0.2, -0.15) is 0 Å². The number of fused-ring (bicyclic) bond motifs is 1. The number of allylic oxidation sites excluding steroid dienone is 2. The number of hydrogen-bond acceptors (Lipinski definition) is 1. The van der Waals surface area contributed by atoms with E-state index in [1.54, 1.807) is 0 Å². The first-order valence-corrected chi connectivity index (χ1v) is 7.83. The Kier molecular flexibility index (Phi) is 3.08. The summed E-state index contributed by atoms with van der Waals surface area (Å²) in [6, 6.07) is 12.6. The zero-order chi connectivity index (χ0) is 16.0. The molecule has 3 heterocycles. The van der Waals surface area contributed by atoms with Crippen LogP contribution in [0.15, 0.2) is 58.7 Å². The Bertz CT molecular complexity index is 960. The van der Waals surface area contributed by atoms with E-state index in [-0.39, 0.29) is 0 Å². The number of para-hydroxylation sites is 1. The van der Waals surface area contributed by atoms with E-state index < -0.39 is 0 Å². The number of aromatic nitrogens is 2. The fraction of sp³-hybridized carbons (Fsp3) is 0.150. The largest absolute Gasteiger partial charge is 0.359 e. The number of aryl methyl sites for hydroxylation is 2. The Morgan fingerprint density at radius 2 is 1.83 bits per heavy atom. The second-order valence-corrected chi connectivity index (χ2v) is 6.17. The number of nitrogens with zero attached hydrogens (tertiary/aromatic N) is 1. The summed E-state index contributed by atoms with van der Waals surface area (Å²) in [6.45, 7) is 6.30. The Hall–Kier alpha value is -2.81. The quantitative estimate of drug-likeness (QED) is 0.676. The van der Waals surface area contributed by atoms with Gasteiger partial charge in [0.15, 0.2) is 0 Å². The zero-order valence-electron chi connectivity index (χ0n) is 13.6. The highest BCUT2D eigenvalue weighted by Crippen LogP contribution is 2.26. The summed E-state index contributed by atoms with van der Waals surface area (Å²) in [7, 11) is 0. The Labute approximate surface area is 135 Å². The fourth-order valence-electron chi connectivity index (χ4n) is 3.06. The maximum absolute atomic E-state index is 4.81. The lowest BCUT2D eigenvalue weighted by molar-refractivity contribution is 1.23. The summed E-state index contributed by atoms with van der Waals surface area (Å²) < 4.78 is 0. The summed E-state index contributed by atoms with van der Waals surface area (Å²) in [5.41, 5.74) is 8.95. The van der Waals surface area contributed by atoms with Gasteiger partial charge in [-0.05, 0) is 62.3 Å². The third kappa shape index (κ3) is 2.44. The standard InChI is InChI=1S/C20H19N3/c1-12-8-14(3)21-17(12)11-18-13(2)9-19(23-18)20-10-15-6-4-5-7-16(15)22-20/h4-11,21-22H,1-3H3/b18-11-. The summed E-state index contributed by atoms with van der Waals surface area (Å²) >= 11 is 0. The molecule has 0 radical (unpaired) electrons. The van der Waals surface area contributed by atoms with Crippen LogP contribution >= 0.6 is 0 Å². The molecular weight excluding hydrogens is 282 g/mol. The highest BCUT2D eigenvalue weighted by molar-refractivity contribution is 6.13. The Morgan fingerprint density at radius 3 is 2.57 bits per heavy atom. The molecule has 0 saturated carbocycles. The number of benzene rings is 1. The molecule has 3 aromatic rings. The van der Waals surface area contributed by atoms with Crippen molar-refractivity contribution in [2.75, 3.05) is 0 Å². The molecule has 114 valence electrons. The van der Waals surface area contributed by atoms with Crippen molar-refractivity contribution in [1.82, 2.24) is 9.97 Å². The summed E-state index contributed by atoms with van der Waals surface area (Å²) in [5, 5.41) is 1.21. The van der Waals surface area contributed by atoms with E-state index in [4.69, 9.17) is 4.99 Å². The smallest absolute Gasteiger partial charge is 0.0875 e. The SMILES string of the molecule is CC1=CC(c2cc3ccccc3[nH]2)=N/C1=C\c1[nH]c(C)cc1C. The van der Waals surface area contributed by atoms with Crippen LogP contribution in [0.2, 0.25) is 0 Å². The molecule has 0 fully saturated rings. The highest BCUT2D eigenvalue weighted by atomic mass is 14.8. The minimum absolute atomic E-state index is 0.992. The van der Waals surface area contributed by atoms with Crippen LogP contribution in [-0.4, -0.2) is 15.7 Å². The molecule has 0 bridgehead atoms. The van der Waals surface area contributed by atoms with E-state index in [9.17, 15) is 0 Å². The summed E-state index contributed by atoms with van der Waals surface area (Å²) in [4.78, 5) is 11.6. The van der Waals surface area contributed by atoms with Crippen molar-refractivity contribution in [1.29, 1.82) is 0 Å². The highest BCUT2D eigenvalue weighted by Gasteiger charge is 2.15. The minimum atomic E-state index is 0.992. The van der Waals surface area contributed by atoms with E-state index in [1.807, 2.05) is 6.07 Å². The number of nitrogens with one attached hydrogen (secondary N) is 2. The van der Waals surface area contributed by atoms with Gasteiger partial charge in [-0.3, -0.25) is 0 Å². The lowest BCUT2D eigenvalue weighted by atomic mass is 10.1. The van der Waals surface area contributed by atoms with Crippen LogP contribution < -0.4 is 0 Å². The number of hydrogen-bond donors (Lipinski definition) is 2. The molecule has 0 amide bonds. The third-order valence-corrected chi connectivity index (χ3v) is 4.27. The zero-order valence-corrected chi connectivity index (χ0v) is 13.6. The number of rotatable bonds is 2. The van der Waals surface area contributed by atoms with Crippen molar-refractivity contribution < 1.29 is 0 Å². The van der Waals surface area contributed by atoms with Gasteiger partial charge in [0, 0.05) is 22.3 Å². The van der Waals surface area contributed by atoms with Crippen LogP contribution in [0.25, 0.3) is 17.0 Å². The molecule has 3 nitrogen and oxygen atoms in total. The predicted molar refractivity (Wildman–Crippen MR) is 96.8 cm³/mol. The van der Waals surface area contributed by atoms with E-state index >= 15 is 0 Å². The first-order valence-electron chi connectivity index (χ1n) is 7.83. The average molecular weight is 301 g/mol. The molecule has 3 heteroatoms. The topological polar surface area (TPSA) is 43.9 Å². The van der Waals surface area contributed by atoms with Gasteiger partial charge in [0.2, 0.25) is 0 Å². The molecule has 2 aromatic heterocycles. The second kappa shape index (κ2) is 5.13. The van der Waals surface area contributed by atoms with Crippen molar-refractivity contribution in [2.24, 2.45) is 4.99 Å². The first-order chi connectivity index (χ1) is 11.1. The van der Waals surface area contributed by atoms with Crippen LogP contribution in [0.3, 0.4) is 0 Å². The molecular formula is C20H19N3. The molecule has 1 aromatic carbocycles. The van der Waals surface area contributed by atoms with Crippen LogP contribution in [0, 0.1) is 13.8 Å². The molecule has 0 saturated heterocycles. The van der Waals surface area contributed by atoms with Gasteiger partial charge in [-0.25, -0.2) is 4.99 Å². The van der Waals surface area contributed by atoms with Crippen LogP contribution in [0.4, 0.5) is 0 Å². The lowest BCUT2D eigenvalue weighted by Crippen LogP contribution is -1.93. The summed E-state index contributed by atoms with van der Waals surface area (Å²) in [6.07, 6.45) is 4.27. The van der Waals surface area contributed by atoms with E-state index in [1.165, 1.54) is 22.2 Å². The lowest BCUT2D eigenvalue weighted by Gasteiger charge is -1.97. The second-order valence-electron chi connectivity index (χ2n) is 6.17. The maximum atomic E-state index is 4.81. The molecule has 2 N–H and O–H groups in total. The van der Waals surface area contributed by atoms with Crippen LogP contribution in [0.5, 0.6) is 0 Å². The van der Waals surface area contributed by atoms with Gasteiger partial charge >= 0.3 is 0 Å². The van der Waals surface area contributed by atoms with Gasteiger partial charge in [0.25, 0.3) is 0 Å². The molecule has 0 unspecified atom stereocenters. The van der Waals surface area contributed by atoms with Crippen molar-refractivity contribution in [3.8, 4) is 0 Å². The van der Waals surface area contributed by atoms with E-state index in [0.717, 1.165) is 28.3 Å². The first kappa shape index (κ1) is 13.8. The van der Waals surface area contributed by atoms with Gasteiger partial charge < -0.3 is 9.97 Å². The van der Waals surface area contributed by atoms with E-state index in [0.29, 0.717) is 0 Å². The molecule has 23 heavy (non-hydrogen) atoms. The number of H-pyrrole nitrogens is 2. The minimum Gasteiger partial charge on any atom is -0.359 e. The van der Waals surface area contributed by atoms with Crippen molar-refractivity contribution >= 4 is 22.7 Å². The molecule has 4 rings (SSSR count). The van der Waals surface area contributed by atoms with E-state index in [2.05, 4.69) is 73.2 Å².